The predicted molar refractivity (Wildman–Crippen MR) is 119 cm³/mol. The summed E-state index contributed by atoms with van der Waals surface area (Å²) >= 11 is 6.96. The largest absolute Gasteiger partial charge is 0.522 e. The van der Waals surface area contributed by atoms with Crippen molar-refractivity contribution in [3.05, 3.63) is 46.0 Å². The van der Waals surface area contributed by atoms with E-state index in [-0.39, 0.29) is 28.8 Å². The summed E-state index contributed by atoms with van der Waals surface area (Å²) in [6, 6.07) is 1.25. The van der Waals surface area contributed by atoms with Gasteiger partial charge in [-0.2, -0.15) is 10.2 Å². The van der Waals surface area contributed by atoms with Gasteiger partial charge in [0.1, 0.15) is 22.3 Å². The summed E-state index contributed by atoms with van der Waals surface area (Å²) in [5, 5.41) is 11.4. The van der Waals surface area contributed by atoms with Crippen LogP contribution in [0.1, 0.15) is 47.4 Å². The smallest absolute Gasteiger partial charge is 0.347 e. The predicted octanol–water partition coefficient (Wildman–Crippen LogP) is 4.07. The molecule has 2 atom stereocenters. The first-order valence-corrected chi connectivity index (χ1v) is 11.8. The molecule has 0 aliphatic heterocycles. The number of ether oxygens (including phenoxy) is 1. The molecule has 35 heavy (non-hydrogen) atoms. The zero-order valence-corrected chi connectivity index (χ0v) is 19.5. The highest BCUT2D eigenvalue weighted by molar-refractivity contribution is 7.17. The number of nitrogens with one attached hydrogen (secondary N) is 1. The lowest BCUT2D eigenvalue weighted by molar-refractivity contribution is -0.331. The van der Waals surface area contributed by atoms with Crippen LogP contribution >= 0.6 is 22.9 Å². The highest BCUT2D eigenvalue weighted by atomic mass is 35.5. The standard InChI is InChI=1S/C20H18ClF3N8O2S/c21-15-9-26-19(35-15)18(33)29-11-2-1-3-12(6-11)31-14-7-16(32-27-4-5-28-32)25-8-13(14)30-17(31)10-34-20(22,23)24/h4-5,7-9,11-12H,1-3,6,10H2,(H,29,33)/t11-,12+/m0/s1. The average molecular weight is 527 g/mol. The lowest BCUT2D eigenvalue weighted by Gasteiger charge is -2.31. The second-order valence-electron chi connectivity index (χ2n) is 7.94. The summed E-state index contributed by atoms with van der Waals surface area (Å²) in [6.45, 7) is -0.751. The molecule has 1 amide bonds. The zero-order chi connectivity index (χ0) is 24.6. The maximum Gasteiger partial charge on any atom is 0.522 e. The molecule has 0 bridgehead atoms. The fourth-order valence-electron chi connectivity index (χ4n) is 4.27. The van der Waals surface area contributed by atoms with Gasteiger partial charge in [0, 0.05) is 18.2 Å². The average Bonchev–Trinajstić information content (AvgIpc) is 3.56. The van der Waals surface area contributed by atoms with E-state index >= 15 is 0 Å². The van der Waals surface area contributed by atoms with Crippen LogP contribution in [0.5, 0.6) is 0 Å². The molecule has 1 aliphatic rings. The van der Waals surface area contributed by atoms with E-state index in [4.69, 9.17) is 11.6 Å². The number of pyridine rings is 1. The molecule has 184 valence electrons. The Morgan fingerprint density at radius 2 is 2.03 bits per heavy atom. The lowest BCUT2D eigenvalue weighted by atomic mass is 9.90. The number of hydrogen-bond donors (Lipinski definition) is 1. The van der Waals surface area contributed by atoms with E-state index in [1.165, 1.54) is 29.6 Å². The number of carbonyl (C=O) groups excluding carboxylic acids is 1. The van der Waals surface area contributed by atoms with Gasteiger partial charge in [-0.05, 0) is 25.7 Å². The number of nitrogens with zero attached hydrogens (tertiary/aromatic N) is 7. The van der Waals surface area contributed by atoms with Gasteiger partial charge in [-0.15, -0.1) is 18.0 Å². The Balaban J connectivity index is 1.46. The fourth-order valence-corrected chi connectivity index (χ4v) is 5.09. The molecule has 1 saturated carbocycles. The van der Waals surface area contributed by atoms with Crippen LogP contribution < -0.4 is 5.32 Å². The van der Waals surface area contributed by atoms with Crippen molar-refractivity contribution >= 4 is 39.9 Å². The van der Waals surface area contributed by atoms with Gasteiger partial charge in [0.25, 0.3) is 5.91 Å². The summed E-state index contributed by atoms with van der Waals surface area (Å²) in [6.07, 6.45) is 3.74. The zero-order valence-electron chi connectivity index (χ0n) is 17.9. The number of thiazole rings is 1. The first-order chi connectivity index (χ1) is 16.8. The molecule has 5 rings (SSSR count). The molecular formula is C20H18ClF3N8O2S. The van der Waals surface area contributed by atoms with E-state index in [1.54, 1.807) is 10.6 Å². The minimum atomic E-state index is -4.80. The molecule has 4 heterocycles. The van der Waals surface area contributed by atoms with Crippen molar-refractivity contribution < 1.29 is 22.7 Å². The Labute approximate surface area is 205 Å². The number of aromatic nitrogens is 7. The van der Waals surface area contributed by atoms with E-state index in [0.717, 1.165) is 24.2 Å². The Bertz CT molecular complexity index is 1340. The molecule has 4 aromatic rings. The number of amides is 1. The topological polar surface area (TPSA) is 113 Å². The van der Waals surface area contributed by atoms with E-state index in [2.05, 4.69) is 35.2 Å². The van der Waals surface area contributed by atoms with E-state index in [1.807, 2.05) is 0 Å². The van der Waals surface area contributed by atoms with Crippen molar-refractivity contribution in [2.75, 3.05) is 0 Å². The highest BCUT2D eigenvalue weighted by Crippen LogP contribution is 2.34. The normalized spacial score (nSPS) is 18.7. The number of alkyl halides is 3. The second kappa shape index (κ2) is 9.51. The SMILES string of the molecule is O=C(N[C@H]1CCC[C@@H](n2c(COC(F)(F)F)nc3cnc(-n4nccn4)cc32)C1)c1ncc(Cl)s1. The molecule has 1 aliphatic carbocycles. The lowest BCUT2D eigenvalue weighted by Crippen LogP contribution is -2.39. The first-order valence-electron chi connectivity index (χ1n) is 10.6. The van der Waals surface area contributed by atoms with Gasteiger partial charge in [0.15, 0.2) is 10.8 Å². The highest BCUT2D eigenvalue weighted by Gasteiger charge is 2.32. The Hall–Kier alpha value is -3.10. The molecule has 4 aromatic heterocycles. The Morgan fingerprint density at radius 1 is 1.23 bits per heavy atom. The molecule has 0 unspecified atom stereocenters. The molecule has 0 radical (unpaired) electrons. The third-order valence-electron chi connectivity index (χ3n) is 5.64. The van der Waals surface area contributed by atoms with Crippen LogP contribution in [-0.4, -0.2) is 52.8 Å². The number of hydrogen-bond acceptors (Lipinski definition) is 8. The number of halogens is 4. The van der Waals surface area contributed by atoms with Crippen molar-refractivity contribution in [3.8, 4) is 5.82 Å². The second-order valence-corrected chi connectivity index (χ2v) is 9.60. The molecule has 0 aromatic carbocycles. The number of imidazole rings is 1. The summed E-state index contributed by atoms with van der Waals surface area (Å²) in [7, 11) is 0. The van der Waals surface area contributed by atoms with Gasteiger partial charge in [-0.1, -0.05) is 22.9 Å². The quantitative estimate of drug-likeness (QED) is 0.403. The number of fused-ring (bicyclic) bond motifs is 1. The van der Waals surface area contributed by atoms with Gasteiger partial charge in [0.05, 0.1) is 30.3 Å². The third kappa shape index (κ3) is 5.28. The summed E-state index contributed by atoms with van der Waals surface area (Å²) in [4.78, 5) is 26.5. The monoisotopic (exact) mass is 526 g/mol. The van der Waals surface area contributed by atoms with Crippen LogP contribution in [0, 0.1) is 0 Å². The maximum absolute atomic E-state index is 12.8. The van der Waals surface area contributed by atoms with Gasteiger partial charge in [-0.25, -0.2) is 15.0 Å². The first kappa shape index (κ1) is 23.6. The van der Waals surface area contributed by atoms with Crippen LogP contribution in [0.15, 0.2) is 30.9 Å². The van der Waals surface area contributed by atoms with Crippen LogP contribution in [-0.2, 0) is 11.3 Å². The summed E-state index contributed by atoms with van der Waals surface area (Å²) in [5.74, 6) is 0.182. The van der Waals surface area contributed by atoms with Crippen LogP contribution in [0.2, 0.25) is 4.34 Å². The molecule has 1 N–H and O–H groups in total. The van der Waals surface area contributed by atoms with Crippen LogP contribution in [0.3, 0.4) is 0 Å². The molecule has 0 saturated heterocycles. The summed E-state index contributed by atoms with van der Waals surface area (Å²) in [5.41, 5.74) is 1.00. The van der Waals surface area contributed by atoms with Crippen molar-refractivity contribution in [2.24, 2.45) is 0 Å². The van der Waals surface area contributed by atoms with Crippen LogP contribution in [0.25, 0.3) is 16.9 Å². The number of carbonyl (C=O) groups is 1. The number of rotatable bonds is 6. The minimum absolute atomic E-state index is 0.119. The van der Waals surface area contributed by atoms with Gasteiger partial charge in [-0.3, -0.25) is 9.53 Å². The van der Waals surface area contributed by atoms with Gasteiger partial charge < -0.3 is 9.88 Å². The van der Waals surface area contributed by atoms with Crippen molar-refractivity contribution in [1.29, 1.82) is 0 Å². The van der Waals surface area contributed by atoms with E-state index < -0.39 is 13.0 Å². The Kier molecular flexibility index (Phi) is 6.42. The maximum atomic E-state index is 12.8. The van der Waals surface area contributed by atoms with E-state index in [9.17, 15) is 18.0 Å². The van der Waals surface area contributed by atoms with Gasteiger partial charge >= 0.3 is 6.36 Å². The molecular weight excluding hydrogens is 509 g/mol. The van der Waals surface area contributed by atoms with Crippen molar-refractivity contribution in [3.63, 3.8) is 0 Å². The molecule has 10 nitrogen and oxygen atoms in total. The third-order valence-corrected chi connectivity index (χ3v) is 6.76. The van der Waals surface area contributed by atoms with Crippen LogP contribution in [0.4, 0.5) is 13.2 Å². The van der Waals surface area contributed by atoms with Crippen molar-refractivity contribution in [2.45, 2.75) is 50.7 Å². The summed E-state index contributed by atoms with van der Waals surface area (Å²) < 4.78 is 44.8. The fraction of sp³-hybridized carbons (Fsp3) is 0.400. The van der Waals surface area contributed by atoms with E-state index in [0.29, 0.717) is 34.0 Å². The molecule has 1 fully saturated rings. The Morgan fingerprint density at radius 3 is 2.74 bits per heavy atom. The van der Waals surface area contributed by atoms with Gasteiger partial charge in [0.2, 0.25) is 0 Å². The molecule has 0 spiro atoms. The minimum Gasteiger partial charge on any atom is -0.347 e. The van der Waals surface area contributed by atoms with Crippen molar-refractivity contribution in [1.82, 2.24) is 39.8 Å². The molecule has 15 heteroatoms.